The largest absolute Gasteiger partial charge is 0.469 e. The summed E-state index contributed by atoms with van der Waals surface area (Å²) in [6, 6.07) is 27.2. The van der Waals surface area contributed by atoms with Gasteiger partial charge in [-0.1, -0.05) is 72.8 Å². The third-order valence-corrected chi connectivity index (χ3v) is 4.08. The van der Waals surface area contributed by atoms with E-state index in [9.17, 15) is 4.79 Å². The van der Waals surface area contributed by atoms with E-state index >= 15 is 0 Å². The number of esters is 1. The number of methoxy groups -OCH3 is 1. The van der Waals surface area contributed by atoms with Crippen LogP contribution in [0.1, 0.15) is 12.0 Å². The van der Waals surface area contributed by atoms with Gasteiger partial charge in [0.1, 0.15) is 0 Å². The van der Waals surface area contributed by atoms with Crippen LogP contribution in [0.15, 0.2) is 78.9 Å². The first-order valence-corrected chi connectivity index (χ1v) is 8.08. The number of hydrogen-bond donors (Lipinski definition) is 0. The molecule has 0 atom stereocenters. The molecule has 0 unspecified atom stereocenters. The van der Waals surface area contributed by atoms with Crippen molar-refractivity contribution in [3.8, 4) is 22.3 Å². The third kappa shape index (κ3) is 3.90. The van der Waals surface area contributed by atoms with Crippen molar-refractivity contribution in [2.24, 2.45) is 0 Å². The van der Waals surface area contributed by atoms with Crippen molar-refractivity contribution in [2.75, 3.05) is 7.11 Å². The first kappa shape index (κ1) is 16.0. The van der Waals surface area contributed by atoms with E-state index in [4.69, 9.17) is 4.74 Å². The molecule has 0 heterocycles. The minimum Gasteiger partial charge on any atom is -0.469 e. The lowest BCUT2D eigenvalue weighted by Crippen LogP contribution is -2.01. The summed E-state index contributed by atoms with van der Waals surface area (Å²) in [5, 5.41) is 0. The van der Waals surface area contributed by atoms with Gasteiger partial charge in [-0.3, -0.25) is 4.79 Å². The molecule has 0 spiro atoms. The number of aryl methyl sites for hydroxylation is 1. The zero-order chi connectivity index (χ0) is 16.8. The van der Waals surface area contributed by atoms with E-state index in [1.165, 1.54) is 23.8 Å². The molecular formula is C22H20O2. The van der Waals surface area contributed by atoms with E-state index in [0.29, 0.717) is 12.8 Å². The molecule has 0 amide bonds. The minimum absolute atomic E-state index is 0.175. The molecule has 2 heteroatoms. The highest BCUT2D eigenvalue weighted by molar-refractivity contribution is 5.73. The quantitative estimate of drug-likeness (QED) is 0.610. The molecule has 0 N–H and O–H groups in total. The number of rotatable bonds is 5. The predicted molar refractivity (Wildman–Crippen MR) is 97.7 cm³/mol. The first-order valence-electron chi connectivity index (χ1n) is 8.08. The lowest BCUT2D eigenvalue weighted by molar-refractivity contribution is -0.140. The Hall–Kier alpha value is -2.87. The fraction of sp³-hybridized carbons (Fsp3) is 0.136. The van der Waals surface area contributed by atoms with E-state index in [-0.39, 0.29) is 5.97 Å². The third-order valence-electron chi connectivity index (χ3n) is 4.08. The second-order valence-electron chi connectivity index (χ2n) is 5.72. The van der Waals surface area contributed by atoms with Gasteiger partial charge in [0.05, 0.1) is 7.11 Å². The summed E-state index contributed by atoms with van der Waals surface area (Å²) in [6.45, 7) is 0. The summed E-state index contributed by atoms with van der Waals surface area (Å²) < 4.78 is 4.71. The van der Waals surface area contributed by atoms with Crippen molar-refractivity contribution in [1.82, 2.24) is 0 Å². The number of carbonyl (C=O) groups is 1. The smallest absolute Gasteiger partial charge is 0.305 e. The molecule has 0 radical (unpaired) electrons. The zero-order valence-electron chi connectivity index (χ0n) is 13.7. The maximum Gasteiger partial charge on any atom is 0.305 e. The Morgan fingerprint density at radius 2 is 1.33 bits per heavy atom. The van der Waals surface area contributed by atoms with E-state index in [1.54, 1.807) is 0 Å². The van der Waals surface area contributed by atoms with E-state index in [1.807, 2.05) is 18.2 Å². The minimum atomic E-state index is -0.175. The molecule has 24 heavy (non-hydrogen) atoms. The average molecular weight is 316 g/mol. The first-order chi connectivity index (χ1) is 11.8. The van der Waals surface area contributed by atoms with Gasteiger partial charge in [0.2, 0.25) is 0 Å². The van der Waals surface area contributed by atoms with Gasteiger partial charge >= 0.3 is 5.97 Å². The second kappa shape index (κ2) is 7.60. The molecule has 3 aromatic carbocycles. The van der Waals surface area contributed by atoms with Gasteiger partial charge in [-0.15, -0.1) is 0 Å². The standard InChI is InChI=1S/C22H20O2/c1-24-22(23)14-13-17-7-5-10-19(15-17)21-12-6-11-20(16-21)18-8-3-2-4-9-18/h2-12,15-16H,13-14H2,1H3. The summed E-state index contributed by atoms with van der Waals surface area (Å²) >= 11 is 0. The van der Waals surface area contributed by atoms with E-state index < -0.39 is 0 Å². The van der Waals surface area contributed by atoms with Crippen molar-refractivity contribution in [3.63, 3.8) is 0 Å². The van der Waals surface area contributed by atoms with Crippen molar-refractivity contribution < 1.29 is 9.53 Å². The fourth-order valence-electron chi connectivity index (χ4n) is 2.76. The molecule has 3 aromatic rings. The van der Waals surface area contributed by atoms with Gasteiger partial charge in [0, 0.05) is 6.42 Å². The van der Waals surface area contributed by atoms with Crippen LogP contribution in [0.4, 0.5) is 0 Å². The summed E-state index contributed by atoms with van der Waals surface area (Å²) in [4.78, 5) is 11.3. The molecule has 2 nitrogen and oxygen atoms in total. The van der Waals surface area contributed by atoms with Crippen molar-refractivity contribution >= 4 is 5.97 Å². The average Bonchev–Trinajstić information content (AvgIpc) is 2.67. The van der Waals surface area contributed by atoms with Crippen LogP contribution in [-0.4, -0.2) is 13.1 Å². The Morgan fingerprint density at radius 1 is 0.750 bits per heavy atom. The molecule has 0 aliphatic carbocycles. The summed E-state index contributed by atoms with van der Waals surface area (Å²) in [5.74, 6) is -0.175. The molecule has 0 aliphatic rings. The molecule has 120 valence electrons. The highest BCUT2D eigenvalue weighted by atomic mass is 16.5. The summed E-state index contributed by atoms with van der Waals surface area (Å²) in [5.41, 5.74) is 5.89. The molecule has 0 aromatic heterocycles. The van der Waals surface area contributed by atoms with Crippen molar-refractivity contribution in [1.29, 1.82) is 0 Å². The van der Waals surface area contributed by atoms with E-state index in [0.717, 1.165) is 11.1 Å². The topological polar surface area (TPSA) is 26.3 Å². The maximum absolute atomic E-state index is 11.3. The Balaban J connectivity index is 1.85. The van der Waals surface area contributed by atoms with E-state index in [2.05, 4.69) is 60.7 Å². The number of ether oxygens (including phenoxy) is 1. The molecule has 0 fully saturated rings. The monoisotopic (exact) mass is 316 g/mol. The van der Waals surface area contributed by atoms with Gasteiger partial charge in [-0.05, 0) is 40.3 Å². The molecule has 0 aliphatic heterocycles. The Labute approximate surface area is 142 Å². The highest BCUT2D eigenvalue weighted by Gasteiger charge is 2.05. The number of hydrogen-bond acceptors (Lipinski definition) is 2. The molecule has 0 saturated carbocycles. The van der Waals surface area contributed by atoms with Gasteiger partial charge in [0.15, 0.2) is 0 Å². The number of carbonyl (C=O) groups excluding carboxylic acids is 1. The normalized spacial score (nSPS) is 10.4. The van der Waals surface area contributed by atoms with Gasteiger partial charge < -0.3 is 4.74 Å². The van der Waals surface area contributed by atoms with Crippen LogP contribution in [0.2, 0.25) is 0 Å². The summed E-state index contributed by atoms with van der Waals surface area (Å²) in [6.07, 6.45) is 1.10. The molecule has 3 rings (SSSR count). The lowest BCUT2D eigenvalue weighted by atomic mass is 9.97. The predicted octanol–water partition coefficient (Wildman–Crippen LogP) is 5.13. The van der Waals surface area contributed by atoms with Crippen LogP contribution in [0, 0.1) is 0 Å². The molecule has 0 saturated heterocycles. The Kier molecular flexibility index (Phi) is 5.07. The van der Waals surface area contributed by atoms with Gasteiger partial charge in [-0.25, -0.2) is 0 Å². The van der Waals surface area contributed by atoms with Crippen molar-refractivity contribution in [2.45, 2.75) is 12.8 Å². The molecular weight excluding hydrogens is 296 g/mol. The number of benzene rings is 3. The second-order valence-corrected chi connectivity index (χ2v) is 5.72. The van der Waals surface area contributed by atoms with Crippen molar-refractivity contribution in [3.05, 3.63) is 84.4 Å². The van der Waals surface area contributed by atoms with Crippen LogP contribution < -0.4 is 0 Å². The van der Waals surface area contributed by atoms with Crippen LogP contribution in [0.5, 0.6) is 0 Å². The summed E-state index contributed by atoms with van der Waals surface area (Å²) in [7, 11) is 1.42. The van der Waals surface area contributed by atoms with Crippen LogP contribution in [0.3, 0.4) is 0 Å². The highest BCUT2D eigenvalue weighted by Crippen LogP contribution is 2.27. The SMILES string of the molecule is COC(=O)CCc1cccc(-c2cccc(-c3ccccc3)c2)c1. The molecule has 0 bridgehead atoms. The van der Waals surface area contributed by atoms with Gasteiger partial charge in [-0.2, -0.15) is 0 Å². The zero-order valence-corrected chi connectivity index (χ0v) is 13.7. The Bertz CT molecular complexity index is 822. The lowest BCUT2D eigenvalue weighted by Gasteiger charge is -2.08. The van der Waals surface area contributed by atoms with Gasteiger partial charge in [0.25, 0.3) is 0 Å². The Morgan fingerprint density at radius 3 is 2.04 bits per heavy atom. The maximum atomic E-state index is 11.3. The fourth-order valence-corrected chi connectivity index (χ4v) is 2.76. The van der Waals surface area contributed by atoms with Crippen LogP contribution >= 0.6 is 0 Å². The van der Waals surface area contributed by atoms with Crippen LogP contribution in [-0.2, 0) is 16.0 Å². The van der Waals surface area contributed by atoms with Crippen LogP contribution in [0.25, 0.3) is 22.3 Å².